The molecular weight excluding hydrogens is 268 g/mol. The molecule has 0 saturated carbocycles. The van der Waals surface area contributed by atoms with Gasteiger partial charge in [0, 0.05) is 21.8 Å². The molecule has 0 N–H and O–H groups in total. The number of fused-ring (bicyclic) bond motifs is 2. The summed E-state index contributed by atoms with van der Waals surface area (Å²) in [6.45, 7) is 1.54. The molecule has 1 aliphatic heterocycles. The van der Waals surface area contributed by atoms with E-state index in [9.17, 15) is 9.59 Å². The summed E-state index contributed by atoms with van der Waals surface area (Å²) in [6.07, 6.45) is 0.269. The molecule has 3 rings (SSSR count). The molecule has 100 valence electrons. The van der Waals surface area contributed by atoms with Crippen molar-refractivity contribution in [3.63, 3.8) is 0 Å². The number of hydrogen-bond donors (Lipinski definition) is 0. The van der Waals surface area contributed by atoms with E-state index in [1.807, 2.05) is 48.5 Å². The van der Waals surface area contributed by atoms with E-state index in [0.717, 1.165) is 20.9 Å². The molecule has 3 heteroatoms. The van der Waals surface area contributed by atoms with Gasteiger partial charge in [0.2, 0.25) is 0 Å². The molecule has 1 heterocycles. The van der Waals surface area contributed by atoms with Crippen molar-refractivity contribution in [3.8, 4) is 0 Å². The number of carbonyl (C=O) groups is 2. The second-order valence-corrected chi connectivity index (χ2v) is 6.04. The van der Waals surface area contributed by atoms with E-state index >= 15 is 0 Å². The van der Waals surface area contributed by atoms with Crippen LogP contribution in [0.15, 0.2) is 58.3 Å². The second kappa shape index (κ2) is 5.25. The van der Waals surface area contributed by atoms with E-state index in [1.54, 1.807) is 18.7 Å². The van der Waals surface area contributed by atoms with Gasteiger partial charge in [-0.25, -0.2) is 0 Å². The van der Waals surface area contributed by atoms with Crippen molar-refractivity contribution in [2.75, 3.05) is 0 Å². The van der Waals surface area contributed by atoms with Crippen LogP contribution < -0.4 is 0 Å². The zero-order valence-electron chi connectivity index (χ0n) is 11.1. The minimum absolute atomic E-state index is 0.0440. The molecule has 1 unspecified atom stereocenters. The van der Waals surface area contributed by atoms with Crippen LogP contribution >= 0.6 is 11.8 Å². The van der Waals surface area contributed by atoms with Gasteiger partial charge in [0.25, 0.3) is 0 Å². The highest BCUT2D eigenvalue weighted by molar-refractivity contribution is 7.99. The van der Waals surface area contributed by atoms with E-state index < -0.39 is 0 Å². The van der Waals surface area contributed by atoms with Crippen molar-refractivity contribution in [2.24, 2.45) is 0 Å². The van der Waals surface area contributed by atoms with Gasteiger partial charge in [-0.1, -0.05) is 48.2 Å². The molecule has 2 aromatic carbocycles. The largest absolute Gasteiger partial charge is 0.300 e. The van der Waals surface area contributed by atoms with Gasteiger partial charge in [-0.05, 0) is 24.6 Å². The Kier molecular flexibility index (Phi) is 3.45. The van der Waals surface area contributed by atoms with Gasteiger partial charge in [-0.3, -0.25) is 9.59 Å². The van der Waals surface area contributed by atoms with E-state index in [0.29, 0.717) is 0 Å². The van der Waals surface area contributed by atoms with Crippen LogP contribution in [0, 0.1) is 0 Å². The standard InChI is InChI=1S/C17H14O2S/c1-11(18)10-14-12-6-2-4-8-15(12)20-16-9-5-3-7-13(16)17(14)19/h2-9,14H,10H2,1H3. The molecule has 0 saturated heterocycles. The quantitative estimate of drug-likeness (QED) is 0.831. The van der Waals surface area contributed by atoms with Gasteiger partial charge in [0.05, 0.1) is 5.92 Å². The Morgan fingerprint density at radius 1 is 1.05 bits per heavy atom. The Morgan fingerprint density at radius 2 is 1.70 bits per heavy atom. The Bertz CT molecular complexity index is 691. The number of benzene rings is 2. The molecule has 20 heavy (non-hydrogen) atoms. The molecule has 2 nitrogen and oxygen atoms in total. The fourth-order valence-corrected chi connectivity index (χ4v) is 3.69. The van der Waals surface area contributed by atoms with Crippen molar-refractivity contribution in [1.29, 1.82) is 0 Å². The first-order valence-corrected chi connectivity index (χ1v) is 7.38. The third-order valence-corrected chi connectivity index (χ3v) is 4.64. The lowest BCUT2D eigenvalue weighted by Crippen LogP contribution is -2.15. The average molecular weight is 282 g/mol. The molecule has 0 aliphatic carbocycles. The fourth-order valence-electron chi connectivity index (χ4n) is 2.56. The van der Waals surface area contributed by atoms with Crippen molar-refractivity contribution < 1.29 is 9.59 Å². The summed E-state index contributed by atoms with van der Waals surface area (Å²) in [4.78, 5) is 26.3. The fraction of sp³-hybridized carbons (Fsp3) is 0.176. The van der Waals surface area contributed by atoms with Gasteiger partial charge in [0.15, 0.2) is 5.78 Å². The van der Waals surface area contributed by atoms with Crippen molar-refractivity contribution in [3.05, 3.63) is 59.7 Å². The zero-order chi connectivity index (χ0) is 14.1. The van der Waals surface area contributed by atoms with Crippen LogP contribution in [0.2, 0.25) is 0 Å². The highest BCUT2D eigenvalue weighted by atomic mass is 32.2. The summed E-state index contributed by atoms with van der Waals surface area (Å²) >= 11 is 1.61. The molecular formula is C17H14O2S. The van der Waals surface area contributed by atoms with E-state index in [-0.39, 0.29) is 23.9 Å². The normalized spacial score (nSPS) is 17.1. The summed E-state index contributed by atoms with van der Waals surface area (Å²) in [5, 5.41) is 0. The predicted octanol–water partition coefficient (Wildman–Crippen LogP) is 4.10. The molecule has 1 aliphatic rings. The third-order valence-electron chi connectivity index (χ3n) is 3.47. The average Bonchev–Trinajstić information content (AvgIpc) is 2.55. The van der Waals surface area contributed by atoms with Crippen LogP contribution in [-0.4, -0.2) is 11.6 Å². The van der Waals surface area contributed by atoms with E-state index in [1.165, 1.54) is 0 Å². The predicted molar refractivity (Wildman–Crippen MR) is 79.4 cm³/mol. The topological polar surface area (TPSA) is 34.1 Å². The number of Topliss-reactive ketones (excluding diaryl/α,β-unsaturated/α-hetero) is 2. The minimum Gasteiger partial charge on any atom is -0.300 e. The van der Waals surface area contributed by atoms with Gasteiger partial charge in [0.1, 0.15) is 5.78 Å². The third kappa shape index (κ3) is 2.29. The Labute approximate surface area is 122 Å². The van der Waals surface area contributed by atoms with E-state index in [2.05, 4.69) is 0 Å². The monoisotopic (exact) mass is 282 g/mol. The van der Waals surface area contributed by atoms with Crippen LogP contribution in [0.5, 0.6) is 0 Å². The first-order chi connectivity index (χ1) is 9.66. The van der Waals surface area contributed by atoms with Crippen LogP contribution in [0.1, 0.15) is 35.2 Å². The lowest BCUT2D eigenvalue weighted by Gasteiger charge is -2.14. The molecule has 1 atom stereocenters. The number of carbonyl (C=O) groups excluding carboxylic acids is 2. The molecule has 0 spiro atoms. The summed E-state index contributed by atoms with van der Waals surface area (Å²) in [5.74, 6) is -0.268. The van der Waals surface area contributed by atoms with Crippen molar-refractivity contribution >= 4 is 23.3 Å². The first kappa shape index (κ1) is 13.1. The molecule has 0 radical (unpaired) electrons. The maximum absolute atomic E-state index is 12.8. The molecule has 0 fully saturated rings. The summed E-state index contributed by atoms with van der Waals surface area (Å²) < 4.78 is 0. The van der Waals surface area contributed by atoms with E-state index in [4.69, 9.17) is 0 Å². The maximum Gasteiger partial charge on any atom is 0.171 e. The van der Waals surface area contributed by atoms with Crippen LogP contribution in [-0.2, 0) is 4.79 Å². The summed E-state index contributed by atoms with van der Waals surface area (Å²) in [6, 6.07) is 15.5. The molecule has 0 aromatic heterocycles. The Balaban J connectivity index is 2.19. The Hall–Kier alpha value is -1.87. The lowest BCUT2D eigenvalue weighted by atomic mass is 9.87. The molecule has 2 aromatic rings. The highest BCUT2D eigenvalue weighted by Crippen LogP contribution is 2.42. The van der Waals surface area contributed by atoms with Crippen LogP contribution in [0.4, 0.5) is 0 Å². The summed E-state index contributed by atoms with van der Waals surface area (Å²) in [5.41, 5.74) is 1.69. The number of hydrogen-bond acceptors (Lipinski definition) is 3. The SMILES string of the molecule is CC(=O)CC1C(=O)c2ccccc2Sc2ccccc21. The molecule has 0 bridgehead atoms. The minimum atomic E-state index is -0.361. The Morgan fingerprint density at radius 3 is 2.45 bits per heavy atom. The summed E-state index contributed by atoms with van der Waals surface area (Å²) in [7, 11) is 0. The van der Waals surface area contributed by atoms with Gasteiger partial charge in [-0.2, -0.15) is 0 Å². The number of ketones is 2. The van der Waals surface area contributed by atoms with Gasteiger partial charge in [-0.15, -0.1) is 0 Å². The van der Waals surface area contributed by atoms with Crippen molar-refractivity contribution in [2.45, 2.75) is 29.1 Å². The number of rotatable bonds is 2. The lowest BCUT2D eigenvalue weighted by molar-refractivity contribution is -0.117. The molecule has 0 amide bonds. The van der Waals surface area contributed by atoms with Crippen LogP contribution in [0.25, 0.3) is 0 Å². The second-order valence-electron chi connectivity index (χ2n) is 4.96. The van der Waals surface area contributed by atoms with Gasteiger partial charge < -0.3 is 0 Å². The smallest absolute Gasteiger partial charge is 0.171 e. The first-order valence-electron chi connectivity index (χ1n) is 6.56. The van der Waals surface area contributed by atoms with Crippen molar-refractivity contribution in [1.82, 2.24) is 0 Å². The zero-order valence-corrected chi connectivity index (χ0v) is 11.9. The highest BCUT2D eigenvalue weighted by Gasteiger charge is 2.30. The van der Waals surface area contributed by atoms with Crippen LogP contribution in [0.3, 0.4) is 0 Å². The maximum atomic E-state index is 12.8. The van der Waals surface area contributed by atoms with Gasteiger partial charge >= 0.3 is 0 Å².